The van der Waals surface area contributed by atoms with Crippen LogP contribution in [0.2, 0.25) is 0 Å². The van der Waals surface area contributed by atoms with Gasteiger partial charge in [0.05, 0.1) is 0 Å². The largest absolute Gasteiger partial charge is 0.271 e. The monoisotopic (exact) mass is 280 g/mol. The third-order valence-electron chi connectivity index (χ3n) is 5.77. The van der Waals surface area contributed by atoms with Gasteiger partial charge in [-0.25, -0.2) is 0 Å². The molecule has 2 aliphatic carbocycles. The lowest BCUT2D eigenvalue weighted by Gasteiger charge is -2.16. The Morgan fingerprint density at radius 3 is 2.00 bits per heavy atom. The van der Waals surface area contributed by atoms with Crippen LogP contribution in [0.5, 0.6) is 0 Å². The standard InChI is InChI=1S/C18H36N2/c1-2-3-4-5-6-7-8-9-14-17(20-19)18-15-12-10-11-13-16(15)18/h15-18,20H,2-14,19H2,1H3. The second kappa shape index (κ2) is 9.04. The first-order valence-corrected chi connectivity index (χ1v) is 9.34. The highest BCUT2D eigenvalue weighted by Crippen LogP contribution is 2.57. The van der Waals surface area contributed by atoms with Crippen LogP contribution in [0, 0.1) is 17.8 Å². The van der Waals surface area contributed by atoms with Gasteiger partial charge in [-0.15, -0.1) is 0 Å². The predicted molar refractivity (Wildman–Crippen MR) is 87.3 cm³/mol. The van der Waals surface area contributed by atoms with E-state index in [-0.39, 0.29) is 0 Å². The van der Waals surface area contributed by atoms with Crippen molar-refractivity contribution in [2.75, 3.05) is 0 Å². The van der Waals surface area contributed by atoms with Crippen LogP contribution in [-0.2, 0) is 0 Å². The van der Waals surface area contributed by atoms with Crippen LogP contribution in [0.4, 0.5) is 0 Å². The zero-order chi connectivity index (χ0) is 14.2. The van der Waals surface area contributed by atoms with E-state index in [0.717, 1.165) is 17.8 Å². The lowest BCUT2D eigenvalue weighted by atomic mass is 10.0. The maximum atomic E-state index is 5.81. The Kier molecular flexibility index (Phi) is 7.37. The molecule has 3 unspecified atom stereocenters. The number of hydrogen-bond acceptors (Lipinski definition) is 2. The second-order valence-corrected chi connectivity index (χ2v) is 7.23. The van der Waals surface area contributed by atoms with E-state index >= 15 is 0 Å². The van der Waals surface area contributed by atoms with E-state index in [1.165, 1.54) is 83.5 Å². The van der Waals surface area contributed by atoms with Crippen LogP contribution >= 0.6 is 0 Å². The van der Waals surface area contributed by atoms with E-state index in [4.69, 9.17) is 5.84 Å². The van der Waals surface area contributed by atoms with E-state index < -0.39 is 0 Å². The Morgan fingerprint density at radius 1 is 0.900 bits per heavy atom. The van der Waals surface area contributed by atoms with Crippen molar-refractivity contribution < 1.29 is 0 Å². The molecule has 20 heavy (non-hydrogen) atoms. The fourth-order valence-electron chi connectivity index (χ4n) is 4.53. The first-order chi connectivity index (χ1) is 9.88. The Hall–Kier alpha value is -0.0800. The Balaban J connectivity index is 1.49. The summed E-state index contributed by atoms with van der Waals surface area (Å²) in [4.78, 5) is 0. The van der Waals surface area contributed by atoms with Crippen molar-refractivity contribution in [1.82, 2.24) is 5.43 Å². The van der Waals surface area contributed by atoms with E-state index in [1.807, 2.05) is 0 Å². The molecule has 2 heteroatoms. The third-order valence-corrected chi connectivity index (χ3v) is 5.77. The topological polar surface area (TPSA) is 38.0 Å². The average Bonchev–Trinajstić information content (AvgIpc) is 3.20. The Bertz CT molecular complexity index is 242. The van der Waals surface area contributed by atoms with Gasteiger partial charge in [-0.3, -0.25) is 11.3 Å². The van der Waals surface area contributed by atoms with Crippen LogP contribution in [0.15, 0.2) is 0 Å². The van der Waals surface area contributed by atoms with Crippen molar-refractivity contribution in [2.45, 2.75) is 96.4 Å². The van der Waals surface area contributed by atoms with Crippen molar-refractivity contribution in [3.63, 3.8) is 0 Å². The molecule has 3 atom stereocenters. The van der Waals surface area contributed by atoms with Crippen LogP contribution in [0.25, 0.3) is 0 Å². The van der Waals surface area contributed by atoms with Crippen LogP contribution in [0.1, 0.15) is 90.4 Å². The van der Waals surface area contributed by atoms with E-state index in [1.54, 1.807) is 0 Å². The van der Waals surface area contributed by atoms with E-state index in [9.17, 15) is 0 Å². The molecular formula is C18H36N2. The smallest absolute Gasteiger partial charge is 0.0244 e. The number of hydrogen-bond donors (Lipinski definition) is 2. The number of unbranched alkanes of at least 4 members (excludes halogenated alkanes) is 7. The molecule has 2 rings (SSSR count). The number of nitrogens with one attached hydrogen (secondary N) is 1. The molecule has 0 spiro atoms. The molecule has 0 radical (unpaired) electrons. The molecule has 2 saturated carbocycles. The summed E-state index contributed by atoms with van der Waals surface area (Å²) in [5.41, 5.74) is 3.14. The van der Waals surface area contributed by atoms with Crippen molar-refractivity contribution >= 4 is 0 Å². The molecule has 0 heterocycles. The highest BCUT2D eigenvalue weighted by Gasteiger charge is 2.53. The normalized spacial score (nSPS) is 30.0. The maximum Gasteiger partial charge on any atom is 0.0244 e. The Morgan fingerprint density at radius 2 is 1.45 bits per heavy atom. The molecule has 0 amide bonds. The second-order valence-electron chi connectivity index (χ2n) is 7.23. The van der Waals surface area contributed by atoms with Crippen molar-refractivity contribution in [3.05, 3.63) is 0 Å². The highest BCUT2D eigenvalue weighted by molar-refractivity contribution is 5.03. The third kappa shape index (κ3) is 4.73. The van der Waals surface area contributed by atoms with E-state index in [2.05, 4.69) is 12.3 Å². The summed E-state index contributed by atoms with van der Waals surface area (Å²) in [5.74, 6) is 8.79. The predicted octanol–water partition coefficient (Wildman–Crippen LogP) is 4.79. The molecule has 118 valence electrons. The number of fused-ring (bicyclic) bond motifs is 1. The quantitative estimate of drug-likeness (QED) is 0.324. The lowest BCUT2D eigenvalue weighted by Crippen LogP contribution is -2.37. The minimum atomic E-state index is 0.614. The van der Waals surface area contributed by atoms with Gasteiger partial charge in [-0.1, -0.05) is 71.1 Å². The summed E-state index contributed by atoms with van der Waals surface area (Å²) in [6.07, 6.45) is 18.5. The van der Waals surface area contributed by atoms with Crippen LogP contribution in [0.3, 0.4) is 0 Å². The van der Waals surface area contributed by atoms with Gasteiger partial charge >= 0.3 is 0 Å². The van der Waals surface area contributed by atoms with Crippen molar-refractivity contribution in [3.8, 4) is 0 Å². The summed E-state index contributed by atoms with van der Waals surface area (Å²) < 4.78 is 0. The molecule has 0 bridgehead atoms. The average molecular weight is 280 g/mol. The summed E-state index contributed by atoms with van der Waals surface area (Å²) in [6.45, 7) is 2.29. The molecule has 0 aliphatic heterocycles. The van der Waals surface area contributed by atoms with Gasteiger partial charge < -0.3 is 0 Å². The molecule has 0 saturated heterocycles. The van der Waals surface area contributed by atoms with Gasteiger partial charge in [-0.05, 0) is 37.0 Å². The van der Waals surface area contributed by atoms with Crippen molar-refractivity contribution in [1.29, 1.82) is 0 Å². The zero-order valence-corrected chi connectivity index (χ0v) is 13.6. The summed E-state index contributed by atoms with van der Waals surface area (Å²) in [5, 5.41) is 0. The summed E-state index contributed by atoms with van der Waals surface area (Å²) in [6, 6.07) is 0.614. The fourth-order valence-corrected chi connectivity index (χ4v) is 4.53. The number of nitrogens with two attached hydrogens (primary N) is 1. The van der Waals surface area contributed by atoms with Gasteiger partial charge in [0.25, 0.3) is 0 Å². The van der Waals surface area contributed by atoms with Gasteiger partial charge in [0.15, 0.2) is 0 Å². The molecular weight excluding hydrogens is 244 g/mol. The SMILES string of the molecule is CCCCCCCCCCC(NN)C1C2CCCCC21. The maximum absolute atomic E-state index is 5.81. The molecule has 0 aromatic heterocycles. The zero-order valence-electron chi connectivity index (χ0n) is 13.6. The van der Waals surface area contributed by atoms with Gasteiger partial charge in [0.2, 0.25) is 0 Å². The summed E-state index contributed by atoms with van der Waals surface area (Å²) >= 11 is 0. The first kappa shape index (κ1) is 16.3. The molecule has 2 fully saturated rings. The van der Waals surface area contributed by atoms with E-state index in [0.29, 0.717) is 6.04 Å². The van der Waals surface area contributed by atoms with Crippen LogP contribution in [-0.4, -0.2) is 6.04 Å². The van der Waals surface area contributed by atoms with Crippen molar-refractivity contribution in [2.24, 2.45) is 23.6 Å². The number of hydrazine groups is 1. The molecule has 2 aliphatic rings. The number of rotatable bonds is 11. The Labute approximate surface area is 126 Å². The van der Waals surface area contributed by atoms with Crippen LogP contribution < -0.4 is 11.3 Å². The fraction of sp³-hybridized carbons (Fsp3) is 1.00. The summed E-state index contributed by atoms with van der Waals surface area (Å²) in [7, 11) is 0. The molecule has 2 nitrogen and oxygen atoms in total. The molecule has 0 aromatic carbocycles. The van der Waals surface area contributed by atoms with Gasteiger partial charge in [0, 0.05) is 6.04 Å². The minimum Gasteiger partial charge on any atom is -0.271 e. The van der Waals surface area contributed by atoms with Gasteiger partial charge in [-0.2, -0.15) is 0 Å². The highest BCUT2D eigenvalue weighted by atomic mass is 15.2. The van der Waals surface area contributed by atoms with Gasteiger partial charge in [0.1, 0.15) is 0 Å². The minimum absolute atomic E-state index is 0.614. The first-order valence-electron chi connectivity index (χ1n) is 9.34. The lowest BCUT2D eigenvalue weighted by molar-refractivity contribution is 0.396. The molecule has 3 N–H and O–H groups in total. The molecule has 0 aromatic rings.